The first kappa shape index (κ1) is 13.7. The molecule has 0 saturated carbocycles. The van der Waals surface area contributed by atoms with E-state index in [4.69, 9.17) is 0 Å². The van der Waals surface area contributed by atoms with Crippen molar-refractivity contribution in [1.82, 2.24) is 20.0 Å². The molecule has 2 heterocycles. The Balaban J connectivity index is 1.95. The van der Waals surface area contributed by atoms with Crippen molar-refractivity contribution in [2.45, 2.75) is 25.2 Å². The third kappa shape index (κ3) is 3.41. The second-order valence-corrected chi connectivity index (χ2v) is 4.81. The van der Waals surface area contributed by atoms with Crippen LogP contribution in [0.4, 0.5) is 4.39 Å². The molecule has 1 fully saturated rings. The van der Waals surface area contributed by atoms with Gasteiger partial charge in [0.1, 0.15) is 6.17 Å². The number of nitrogens with zero attached hydrogens (tertiary/aromatic N) is 3. The lowest BCUT2D eigenvalue weighted by atomic mass is 10.2. The van der Waals surface area contributed by atoms with Crippen LogP contribution in [0.25, 0.3) is 0 Å². The predicted molar refractivity (Wildman–Crippen MR) is 70.1 cm³/mol. The molecule has 0 aromatic carbocycles. The standard InChI is InChI=1S/C13H19FN4O/c1-3-13(19)15-7-12-6-10(14)8-18(12)9-11-4-5-16-17(11)2/h3-5,10,12H,1,6-9H2,2H3,(H,15,19)/t10-,12-/m0/s1. The van der Waals surface area contributed by atoms with Crippen LogP contribution in [0.5, 0.6) is 0 Å². The van der Waals surface area contributed by atoms with Gasteiger partial charge in [-0.05, 0) is 18.6 Å². The molecular formula is C13H19FN4O. The number of aryl methyl sites for hydroxylation is 1. The van der Waals surface area contributed by atoms with Crippen LogP contribution in [0.3, 0.4) is 0 Å². The molecule has 104 valence electrons. The molecule has 1 N–H and O–H groups in total. The van der Waals surface area contributed by atoms with Gasteiger partial charge in [0.15, 0.2) is 0 Å². The van der Waals surface area contributed by atoms with Crippen LogP contribution in [0.15, 0.2) is 24.9 Å². The highest BCUT2D eigenvalue weighted by molar-refractivity contribution is 5.86. The number of carbonyl (C=O) groups excluding carboxylic acids is 1. The average Bonchev–Trinajstić information content (AvgIpc) is 2.94. The minimum absolute atomic E-state index is 0.0220. The molecule has 0 bridgehead atoms. The first-order valence-corrected chi connectivity index (χ1v) is 6.35. The fraction of sp³-hybridized carbons (Fsp3) is 0.538. The number of aromatic nitrogens is 2. The van der Waals surface area contributed by atoms with E-state index in [1.54, 1.807) is 10.9 Å². The molecule has 1 aromatic heterocycles. The fourth-order valence-electron chi connectivity index (χ4n) is 2.38. The molecule has 19 heavy (non-hydrogen) atoms. The van der Waals surface area contributed by atoms with Gasteiger partial charge in [-0.1, -0.05) is 6.58 Å². The molecule has 2 atom stereocenters. The summed E-state index contributed by atoms with van der Waals surface area (Å²) in [6.45, 7) is 4.90. The Morgan fingerprint density at radius 3 is 3.16 bits per heavy atom. The van der Waals surface area contributed by atoms with Crippen LogP contribution >= 0.6 is 0 Å². The lowest BCUT2D eigenvalue weighted by molar-refractivity contribution is -0.116. The maximum atomic E-state index is 13.6. The van der Waals surface area contributed by atoms with Crippen molar-refractivity contribution >= 4 is 5.91 Å². The van der Waals surface area contributed by atoms with Gasteiger partial charge in [-0.15, -0.1) is 0 Å². The van der Waals surface area contributed by atoms with E-state index in [-0.39, 0.29) is 11.9 Å². The smallest absolute Gasteiger partial charge is 0.243 e. The molecule has 1 aromatic rings. The number of carbonyl (C=O) groups is 1. The minimum atomic E-state index is -0.834. The topological polar surface area (TPSA) is 50.2 Å². The summed E-state index contributed by atoms with van der Waals surface area (Å²) in [5, 5.41) is 6.83. The maximum absolute atomic E-state index is 13.6. The highest BCUT2D eigenvalue weighted by atomic mass is 19.1. The van der Waals surface area contributed by atoms with Crippen LogP contribution < -0.4 is 5.32 Å². The third-order valence-electron chi connectivity index (χ3n) is 3.46. The summed E-state index contributed by atoms with van der Waals surface area (Å²) < 4.78 is 15.3. The number of alkyl halides is 1. The Morgan fingerprint density at radius 2 is 2.53 bits per heavy atom. The molecule has 1 amide bonds. The SMILES string of the molecule is C=CC(=O)NC[C@@H]1C[C@H](F)CN1Cc1ccnn1C. The zero-order chi connectivity index (χ0) is 13.8. The number of amides is 1. The van der Waals surface area contributed by atoms with Gasteiger partial charge in [0.05, 0.1) is 5.69 Å². The van der Waals surface area contributed by atoms with Gasteiger partial charge >= 0.3 is 0 Å². The number of likely N-dealkylation sites (tertiary alicyclic amines) is 1. The van der Waals surface area contributed by atoms with E-state index in [0.717, 1.165) is 5.69 Å². The van der Waals surface area contributed by atoms with Gasteiger partial charge < -0.3 is 5.32 Å². The van der Waals surface area contributed by atoms with Gasteiger partial charge in [-0.2, -0.15) is 5.10 Å². The summed E-state index contributed by atoms with van der Waals surface area (Å²) >= 11 is 0. The molecular weight excluding hydrogens is 247 g/mol. The highest BCUT2D eigenvalue weighted by Crippen LogP contribution is 2.22. The normalized spacial score (nSPS) is 23.5. The van der Waals surface area contributed by atoms with E-state index in [1.165, 1.54) is 6.08 Å². The second-order valence-electron chi connectivity index (χ2n) is 4.81. The Hall–Kier alpha value is -1.69. The Morgan fingerprint density at radius 1 is 1.74 bits per heavy atom. The van der Waals surface area contributed by atoms with Crippen molar-refractivity contribution in [1.29, 1.82) is 0 Å². The Bertz CT molecular complexity index is 459. The molecule has 1 aliphatic rings. The molecule has 1 saturated heterocycles. The third-order valence-corrected chi connectivity index (χ3v) is 3.46. The van der Waals surface area contributed by atoms with Crippen molar-refractivity contribution < 1.29 is 9.18 Å². The van der Waals surface area contributed by atoms with E-state index >= 15 is 0 Å². The molecule has 0 radical (unpaired) electrons. The lowest BCUT2D eigenvalue weighted by Gasteiger charge is -2.23. The lowest BCUT2D eigenvalue weighted by Crippen LogP contribution is -2.39. The minimum Gasteiger partial charge on any atom is -0.351 e. The first-order valence-electron chi connectivity index (χ1n) is 6.35. The van der Waals surface area contributed by atoms with Crippen molar-refractivity contribution in [3.05, 3.63) is 30.6 Å². The summed E-state index contributed by atoms with van der Waals surface area (Å²) in [7, 11) is 1.87. The molecule has 5 nitrogen and oxygen atoms in total. The summed E-state index contributed by atoms with van der Waals surface area (Å²) in [6, 6.07) is 1.94. The molecule has 0 spiro atoms. The molecule has 0 unspecified atom stereocenters. The molecule has 0 aliphatic carbocycles. The highest BCUT2D eigenvalue weighted by Gasteiger charge is 2.32. The van der Waals surface area contributed by atoms with Gasteiger partial charge in [-0.25, -0.2) is 4.39 Å². The van der Waals surface area contributed by atoms with Crippen LogP contribution in [-0.2, 0) is 18.4 Å². The number of rotatable bonds is 5. The van der Waals surface area contributed by atoms with Gasteiger partial charge in [0.25, 0.3) is 0 Å². The van der Waals surface area contributed by atoms with E-state index in [9.17, 15) is 9.18 Å². The van der Waals surface area contributed by atoms with Gasteiger partial charge in [0, 0.05) is 38.9 Å². The van der Waals surface area contributed by atoms with Crippen molar-refractivity contribution in [2.75, 3.05) is 13.1 Å². The summed E-state index contributed by atoms with van der Waals surface area (Å²) in [6.07, 6.45) is 2.58. The fourth-order valence-corrected chi connectivity index (χ4v) is 2.38. The largest absolute Gasteiger partial charge is 0.351 e. The molecule has 1 aliphatic heterocycles. The van der Waals surface area contributed by atoms with E-state index in [1.807, 2.05) is 18.0 Å². The van der Waals surface area contributed by atoms with Gasteiger partial charge in [0.2, 0.25) is 5.91 Å². The summed E-state index contributed by atoms with van der Waals surface area (Å²) in [4.78, 5) is 13.2. The van der Waals surface area contributed by atoms with E-state index < -0.39 is 6.17 Å². The number of halogens is 1. The van der Waals surface area contributed by atoms with E-state index in [2.05, 4.69) is 17.0 Å². The van der Waals surface area contributed by atoms with Crippen LogP contribution in [0.1, 0.15) is 12.1 Å². The zero-order valence-corrected chi connectivity index (χ0v) is 11.1. The Kier molecular flexibility index (Phi) is 4.31. The van der Waals surface area contributed by atoms with Crippen LogP contribution in [0.2, 0.25) is 0 Å². The summed E-state index contributed by atoms with van der Waals surface area (Å²) in [5.41, 5.74) is 1.04. The maximum Gasteiger partial charge on any atom is 0.243 e. The van der Waals surface area contributed by atoms with Crippen LogP contribution in [-0.4, -0.2) is 45.9 Å². The second kappa shape index (κ2) is 5.97. The quantitative estimate of drug-likeness (QED) is 0.796. The summed E-state index contributed by atoms with van der Waals surface area (Å²) in [5.74, 6) is -0.220. The Labute approximate surface area is 112 Å². The number of hydrogen-bond acceptors (Lipinski definition) is 3. The van der Waals surface area contributed by atoms with E-state index in [0.29, 0.717) is 26.1 Å². The van der Waals surface area contributed by atoms with Crippen molar-refractivity contribution in [2.24, 2.45) is 7.05 Å². The van der Waals surface area contributed by atoms with Crippen molar-refractivity contribution in [3.8, 4) is 0 Å². The van der Waals surface area contributed by atoms with Crippen molar-refractivity contribution in [3.63, 3.8) is 0 Å². The average molecular weight is 266 g/mol. The number of hydrogen-bond donors (Lipinski definition) is 1. The zero-order valence-electron chi connectivity index (χ0n) is 11.1. The van der Waals surface area contributed by atoms with Gasteiger partial charge in [-0.3, -0.25) is 14.4 Å². The first-order chi connectivity index (χ1) is 9.10. The monoisotopic (exact) mass is 266 g/mol. The molecule has 6 heteroatoms. The van der Waals surface area contributed by atoms with Crippen LogP contribution in [0, 0.1) is 0 Å². The molecule has 2 rings (SSSR count). The number of nitrogens with one attached hydrogen (secondary N) is 1. The predicted octanol–water partition coefficient (Wildman–Crippen LogP) is 0.635.